The van der Waals surface area contributed by atoms with Crippen molar-refractivity contribution in [2.24, 2.45) is 0 Å². The quantitative estimate of drug-likeness (QED) is 0.419. The van der Waals surface area contributed by atoms with Gasteiger partial charge in [-0.3, -0.25) is 0 Å². The fourth-order valence-corrected chi connectivity index (χ4v) is 0.611. The van der Waals surface area contributed by atoms with Crippen LogP contribution in [0.25, 0.3) is 0 Å². The van der Waals surface area contributed by atoms with Gasteiger partial charge in [0, 0.05) is 0 Å². The molecule has 1 aromatic carbocycles. The Kier molecular flexibility index (Phi) is 3.17. The predicted molar refractivity (Wildman–Crippen MR) is 45.8 cm³/mol. The molecule has 0 spiro atoms. The number of benzene rings is 1. The smallest absolute Gasteiger partial charge is 0.0814 e. The fraction of sp³-hybridized carbons (Fsp3) is 0. The minimum atomic E-state index is 0. The van der Waals surface area contributed by atoms with Crippen LogP contribution in [0.15, 0.2) is 24.3 Å². The van der Waals surface area contributed by atoms with Crippen molar-refractivity contribution >= 4 is 25.7 Å². The molecule has 48 valence electrons. The maximum absolute atomic E-state index is 5.58. The first kappa shape index (κ1) is 8.37. The lowest BCUT2D eigenvalue weighted by Crippen LogP contribution is -1.82. The summed E-state index contributed by atoms with van der Waals surface area (Å²) in [6, 6.07) is 7.22. The third-order valence-electron chi connectivity index (χ3n) is 0.905. The van der Waals surface area contributed by atoms with Crippen LogP contribution in [0.4, 0.5) is 5.69 Å². The molecule has 1 nitrogen and oxygen atoms in total. The molecule has 0 saturated carbocycles. The highest BCUT2D eigenvalue weighted by molar-refractivity contribution is 6.33. The highest BCUT2D eigenvalue weighted by Crippen LogP contribution is 2.15. The van der Waals surface area contributed by atoms with Gasteiger partial charge in [-0.05, 0) is 12.1 Å². The summed E-state index contributed by atoms with van der Waals surface area (Å²) in [5.41, 5.74) is 6.02. The summed E-state index contributed by atoms with van der Waals surface area (Å²) in [4.78, 5) is 0. The second-order valence-electron chi connectivity index (χ2n) is 1.52. The van der Waals surface area contributed by atoms with E-state index < -0.39 is 0 Å². The van der Waals surface area contributed by atoms with Gasteiger partial charge in [-0.1, -0.05) is 23.7 Å². The van der Waals surface area contributed by atoms with E-state index in [1.165, 1.54) is 0 Å². The number of nitrogens with two attached hydrogens (primary N) is 1. The molecule has 9 heavy (non-hydrogen) atoms. The van der Waals surface area contributed by atoms with Crippen molar-refractivity contribution in [2.45, 2.75) is 0 Å². The first-order valence-electron chi connectivity index (χ1n) is 2.31. The van der Waals surface area contributed by atoms with Crippen LogP contribution in [0, 0.1) is 0 Å². The van der Waals surface area contributed by atoms with Gasteiger partial charge in [-0.2, -0.15) is 0 Å². The van der Waals surface area contributed by atoms with Gasteiger partial charge in [0.2, 0.25) is 0 Å². The fourth-order valence-electron chi connectivity index (χ4n) is 0.475. The third kappa shape index (κ3) is 1.98. The highest BCUT2D eigenvalue weighted by atomic mass is 35.5. The number of para-hydroxylation sites is 1. The number of anilines is 1. The molecule has 1 rings (SSSR count). The summed E-state index contributed by atoms with van der Waals surface area (Å²) in [5, 5.41) is 0.618. The average Bonchev–Trinajstić information content (AvgIpc) is 1.77. The molecular weight excluding hydrogens is 132 g/mol. The summed E-state index contributed by atoms with van der Waals surface area (Å²) in [6.07, 6.45) is 0. The van der Waals surface area contributed by atoms with E-state index in [9.17, 15) is 0 Å². The number of halogens is 1. The van der Waals surface area contributed by atoms with Crippen LogP contribution < -0.4 is 5.73 Å². The van der Waals surface area contributed by atoms with Crippen LogP contribution in [-0.4, -0.2) is 8.41 Å². The molecule has 0 atom stereocenters. The molecule has 0 bridgehead atoms. The summed E-state index contributed by atoms with van der Waals surface area (Å²) < 4.78 is 0. The van der Waals surface area contributed by atoms with Crippen molar-refractivity contribution in [3.63, 3.8) is 0 Å². The molecular formula is C6H9BClN. The van der Waals surface area contributed by atoms with Gasteiger partial charge in [0.05, 0.1) is 19.1 Å². The largest absolute Gasteiger partial charge is 0.398 e. The Morgan fingerprint density at radius 3 is 2.11 bits per heavy atom. The van der Waals surface area contributed by atoms with Crippen LogP contribution >= 0.6 is 11.6 Å². The molecule has 3 heteroatoms. The van der Waals surface area contributed by atoms with E-state index in [0.717, 1.165) is 0 Å². The zero-order valence-corrected chi connectivity index (χ0v) is 5.02. The van der Waals surface area contributed by atoms with Crippen LogP contribution in [0.5, 0.6) is 0 Å². The zero-order valence-electron chi connectivity index (χ0n) is 4.26. The highest BCUT2D eigenvalue weighted by Gasteiger charge is 1.87. The van der Waals surface area contributed by atoms with E-state index >= 15 is 0 Å². The zero-order chi connectivity index (χ0) is 5.98. The van der Waals surface area contributed by atoms with Crippen molar-refractivity contribution in [2.75, 3.05) is 5.73 Å². The minimum absolute atomic E-state index is 0. The number of hydrogen-bond donors (Lipinski definition) is 1. The summed E-state index contributed by atoms with van der Waals surface area (Å²) >= 11 is 5.58. The molecule has 0 aliphatic heterocycles. The topological polar surface area (TPSA) is 26.0 Å². The molecule has 0 saturated heterocycles. The lowest BCUT2D eigenvalue weighted by molar-refractivity contribution is 1.68. The van der Waals surface area contributed by atoms with E-state index in [0.29, 0.717) is 10.7 Å². The van der Waals surface area contributed by atoms with Gasteiger partial charge in [0.25, 0.3) is 0 Å². The van der Waals surface area contributed by atoms with E-state index in [4.69, 9.17) is 17.3 Å². The van der Waals surface area contributed by atoms with Crippen LogP contribution in [-0.2, 0) is 0 Å². The molecule has 1 aromatic rings. The first-order valence-corrected chi connectivity index (χ1v) is 2.68. The third-order valence-corrected chi connectivity index (χ3v) is 1.25. The molecule has 0 heterocycles. The number of rotatable bonds is 0. The predicted octanol–water partition coefficient (Wildman–Crippen LogP) is 0.738. The van der Waals surface area contributed by atoms with Gasteiger partial charge in [0.15, 0.2) is 0 Å². The second kappa shape index (κ2) is 3.41. The molecule has 0 unspecified atom stereocenters. The Morgan fingerprint density at radius 2 is 1.78 bits per heavy atom. The van der Waals surface area contributed by atoms with E-state index in [2.05, 4.69) is 0 Å². The van der Waals surface area contributed by atoms with Crippen molar-refractivity contribution in [1.29, 1.82) is 0 Å². The maximum atomic E-state index is 5.58. The van der Waals surface area contributed by atoms with Gasteiger partial charge >= 0.3 is 0 Å². The van der Waals surface area contributed by atoms with Crippen molar-refractivity contribution in [3.05, 3.63) is 29.3 Å². The lowest BCUT2D eigenvalue weighted by Gasteiger charge is -1.91. The van der Waals surface area contributed by atoms with Crippen molar-refractivity contribution in [3.8, 4) is 0 Å². The lowest BCUT2D eigenvalue weighted by atomic mass is 10.3. The Bertz CT molecular complexity index is 169. The van der Waals surface area contributed by atoms with Crippen LogP contribution in [0.3, 0.4) is 0 Å². The van der Waals surface area contributed by atoms with Gasteiger partial charge < -0.3 is 5.73 Å². The molecule has 0 aromatic heterocycles. The van der Waals surface area contributed by atoms with Gasteiger partial charge in [-0.25, -0.2) is 0 Å². The second-order valence-corrected chi connectivity index (χ2v) is 1.93. The first-order chi connectivity index (χ1) is 3.80. The van der Waals surface area contributed by atoms with Crippen LogP contribution in [0.1, 0.15) is 0 Å². The standard InChI is InChI=1S/C6H6ClN.BH3/c7-5-3-1-2-4-6(5)8;/h1-4H,8H2;1H3. The molecule has 0 aliphatic carbocycles. The molecule has 0 fully saturated rings. The Balaban J connectivity index is 0.000000640. The monoisotopic (exact) mass is 141 g/mol. The Morgan fingerprint density at radius 1 is 1.22 bits per heavy atom. The summed E-state index contributed by atoms with van der Waals surface area (Å²) in [7, 11) is 0. The molecule has 0 radical (unpaired) electrons. The maximum Gasteiger partial charge on any atom is 0.0814 e. The summed E-state index contributed by atoms with van der Waals surface area (Å²) in [6.45, 7) is 0. The number of hydrogen-bond acceptors (Lipinski definition) is 1. The SMILES string of the molecule is B.Nc1ccccc1Cl. The van der Waals surface area contributed by atoms with Crippen molar-refractivity contribution < 1.29 is 0 Å². The molecule has 0 amide bonds. The van der Waals surface area contributed by atoms with Gasteiger partial charge in [0.1, 0.15) is 0 Å². The van der Waals surface area contributed by atoms with E-state index in [1.807, 2.05) is 12.1 Å². The van der Waals surface area contributed by atoms with Crippen LogP contribution in [0.2, 0.25) is 5.02 Å². The van der Waals surface area contributed by atoms with Crippen molar-refractivity contribution in [1.82, 2.24) is 0 Å². The molecule has 0 aliphatic rings. The summed E-state index contributed by atoms with van der Waals surface area (Å²) in [5.74, 6) is 0. The Labute approximate surface area is 61.4 Å². The average molecular weight is 141 g/mol. The van der Waals surface area contributed by atoms with E-state index in [-0.39, 0.29) is 8.41 Å². The van der Waals surface area contributed by atoms with E-state index in [1.54, 1.807) is 12.1 Å². The normalized spacial score (nSPS) is 8.11. The van der Waals surface area contributed by atoms with Gasteiger partial charge in [-0.15, -0.1) is 0 Å². The Hall–Kier alpha value is -0.625. The minimum Gasteiger partial charge on any atom is -0.398 e. The number of nitrogen functional groups attached to an aromatic ring is 1. The molecule has 2 N–H and O–H groups in total.